The minimum atomic E-state index is -0.918. The molecule has 3 aromatic rings. The van der Waals surface area contributed by atoms with Gasteiger partial charge in [0.25, 0.3) is 0 Å². The van der Waals surface area contributed by atoms with Gasteiger partial charge in [0.05, 0.1) is 11.7 Å². The molecule has 5 heteroatoms. The van der Waals surface area contributed by atoms with E-state index < -0.39 is 12.1 Å². The van der Waals surface area contributed by atoms with Crippen molar-refractivity contribution < 1.29 is 15.0 Å². The molecule has 144 valence electrons. The molecule has 28 heavy (non-hydrogen) atoms. The number of hydrogen-bond donors (Lipinski definition) is 3. The monoisotopic (exact) mass is 376 g/mol. The average molecular weight is 376 g/mol. The Morgan fingerprint density at radius 2 is 1.64 bits per heavy atom. The fourth-order valence-corrected chi connectivity index (χ4v) is 2.93. The first-order valence-electron chi connectivity index (χ1n) is 9.27. The molecule has 2 aromatic carbocycles. The van der Waals surface area contributed by atoms with E-state index in [9.17, 15) is 9.90 Å². The fraction of sp³-hybridized carbons (Fsp3) is 0.217. The van der Waals surface area contributed by atoms with E-state index in [0.29, 0.717) is 6.54 Å². The maximum absolute atomic E-state index is 10.9. The van der Waals surface area contributed by atoms with Gasteiger partial charge in [0.2, 0.25) is 0 Å². The SMILES string of the molecule is Cc1ccc([C@@H](O)CNCCc2ccc(-c3ccc(C(=O)O)cc3)cc2)cn1. The van der Waals surface area contributed by atoms with E-state index in [4.69, 9.17) is 5.11 Å². The van der Waals surface area contributed by atoms with Crippen LogP contribution in [0.5, 0.6) is 0 Å². The van der Waals surface area contributed by atoms with E-state index in [2.05, 4.69) is 22.4 Å². The Labute approximate surface area is 164 Å². The number of carbonyl (C=O) groups is 1. The third-order valence-corrected chi connectivity index (χ3v) is 4.67. The van der Waals surface area contributed by atoms with Gasteiger partial charge in [-0.15, -0.1) is 0 Å². The molecule has 0 spiro atoms. The minimum absolute atomic E-state index is 0.287. The van der Waals surface area contributed by atoms with Gasteiger partial charge in [0.1, 0.15) is 0 Å². The van der Waals surface area contributed by atoms with Crippen LogP contribution in [0.2, 0.25) is 0 Å². The number of carboxylic acids is 1. The Balaban J connectivity index is 1.48. The summed E-state index contributed by atoms with van der Waals surface area (Å²) in [5.74, 6) is -0.918. The first-order valence-corrected chi connectivity index (χ1v) is 9.27. The molecule has 5 nitrogen and oxygen atoms in total. The summed E-state index contributed by atoms with van der Waals surface area (Å²) in [6, 6.07) is 18.9. The van der Waals surface area contributed by atoms with Gasteiger partial charge in [-0.3, -0.25) is 4.98 Å². The molecule has 1 heterocycles. The van der Waals surface area contributed by atoms with Crippen LogP contribution in [0, 0.1) is 6.92 Å². The van der Waals surface area contributed by atoms with Crippen molar-refractivity contribution in [1.82, 2.24) is 10.3 Å². The summed E-state index contributed by atoms with van der Waals surface area (Å²) in [6.45, 7) is 3.17. The first-order chi connectivity index (χ1) is 13.5. The predicted molar refractivity (Wildman–Crippen MR) is 109 cm³/mol. The number of aliphatic hydroxyl groups excluding tert-OH is 1. The number of rotatable bonds is 8. The smallest absolute Gasteiger partial charge is 0.335 e. The number of nitrogens with one attached hydrogen (secondary N) is 1. The van der Waals surface area contributed by atoms with Gasteiger partial charge in [-0.1, -0.05) is 42.5 Å². The molecule has 0 bridgehead atoms. The molecule has 3 rings (SSSR count). The lowest BCUT2D eigenvalue weighted by Crippen LogP contribution is -2.23. The third kappa shape index (κ3) is 5.25. The molecule has 0 aliphatic rings. The maximum Gasteiger partial charge on any atom is 0.335 e. The summed E-state index contributed by atoms with van der Waals surface area (Å²) >= 11 is 0. The Hall–Kier alpha value is -3.02. The second-order valence-corrected chi connectivity index (χ2v) is 6.78. The Bertz CT molecular complexity index is 904. The van der Waals surface area contributed by atoms with E-state index in [-0.39, 0.29) is 5.56 Å². The number of aromatic carboxylic acids is 1. The summed E-state index contributed by atoms with van der Waals surface area (Å²) in [6.07, 6.45) is 2.00. The van der Waals surface area contributed by atoms with Gasteiger partial charge in [-0.2, -0.15) is 0 Å². The van der Waals surface area contributed by atoms with Gasteiger partial charge < -0.3 is 15.5 Å². The van der Waals surface area contributed by atoms with Crippen molar-refractivity contribution in [3.05, 3.63) is 89.2 Å². The Kier molecular flexibility index (Phi) is 6.53. The first kappa shape index (κ1) is 19.7. The fourth-order valence-electron chi connectivity index (χ4n) is 2.93. The molecule has 1 aromatic heterocycles. The van der Waals surface area contributed by atoms with Crippen molar-refractivity contribution in [3.8, 4) is 11.1 Å². The zero-order valence-corrected chi connectivity index (χ0v) is 15.8. The molecular weight excluding hydrogens is 352 g/mol. The summed E-state index contributed by atoms with van der Waals surface area (Å²) in [5, 5.41) is 22.4. The number of pyridine rings is 1. The number of aromatic nitrogens is 1. The molecule has 0 aliphatic heterocycles. The zero-order valence-electron chi connectivity index (χ0n) is 15.8. The van der Waals surface area contributed by atoms with Gasteiger partial charge in [-0.25, -0.2) is 4.79 Å². The predicted octanol–water partition coefficient (Wildman–Crippen LogP) is 3.62. The lowest BCUT2D eigenvalue weighted by molar-refractivity contribution is 0.0697. The van der Waals surface area contributed by atoms with E-state index in [1.807, 2.05) is 43.3 Å². The summed E-state index contributed by atoms with van der Waals surface area (Å²) in [5.41, 5.74) is 5.28. The highest BCUT2D eigenvalue weighted by Crippen LogP contribution is 2.20. The van der Waals surface area contributed by atoms with Crippen molar-refractivity contribution in [1.29, 1.82) is 0 Å². The average Bonchev–Trinajstić information content (AvgIpc) is 2.72. The molecular formula is C23H24N2O3. The van der Waals surface area contributed by atoms with Crippen LogP contribution in [-0.2, 0) is 6.42 Å². The topological polar surface area (TPSA) is 82.5 Å². The Morgan fingerprint density at radius 1 is 1.00 bits per heavy atom. The number of aryl methyl sites for hydroxylation is 1. The molecule has 0 saturated heterocycles. The highest BCUT2D eigenvalue weighted by Gasteiger charge is 2.07. The second-order valence-electron chi connectivity index (χ2n) is 6.78. The van der Waals surface area contributed by atoms with Gasteiger partial charge in [0.15, 0.2) is 0 Å². The number of nitrogens with zero attached hydrogens (tertiary/aromatic N) is 1. The van der Waals surface area contributed by atoms with Crippen LogP contribution in [0.25, 0.3) is 11.1 Å². The van der Waals surface area contributed by atoms with Gasteiger partial charge >= 0.3 is 5.97 Å². The van der Waals surface area contributed by atoms with E-state index in [0.717, 1.165) is 35.3 Å². The van der Waals surface area contributed by atoms with Crippen molar-refractivity contribution in [2.24, 2.45) is 0 Å². The molecule has 1 atom stereocenters. The lowest BCUT2D eigenvalue weighted by Gasteiger charge is -2.12. The summed E-state index contributed by atoms with van der Waals surface area (Å²) in [7, 11) is 0. The quantitative estimate of drug-likeness (QED) is 0.523. The molecule has 0 radical (unpaired) electrons. The van der Waals surface area contributed by atoms with E-state index >= 15 is 0 Å². The van der Waals surface area contributed by atoms with Gasteiger partial charge in [0, 0.05) is 24.0 Å². The lowest BCUT2D eigenvalue weighted by atomic mass is 10.0. The molecule has 0 unspecified atom stereocenters. The zero-order chi connectivity index (χ0) is 19.9. The highest BCUT2D eigenvalue weighted by molar-refractivity contribution is 5.88. The van der Waals surface area contributed by atoms with Crippen molar-refractivity contribution in [3.63, 3.8) is 0 Å². The van der Waals surface area contributed by atoms with Crippen molar-refractivity contribution >= 4 is 5.97 Å². The van der Waals surface area contributed by atoms with Crippen molar-refractivity contribution in [2.75, 3.05) is 13.1 Å². The van der Waals surface area contributed by atoms with Crippen LogP contribution in [0.4, 0.5) is 0 Å². The van der Waals surface area contributed by atoms with Crippen LogP contribution in [0.3, 0.4) is 0 Å². The third-order valence-electron chi connectivity index (χ3n) is 4.67. The van der Waals surface area contributed by atoms with Crippen LogP contribution >= 0.6 is 0 Å². The highest BCUT2D eigenvalue weighted by atomic mass is 16.4. The number of carboxylic acid groups (broad SMARTS) is 1. The molecule has 0 aliphatic carbocycles. The molecule has 0 saturated carbocycles. The second kappa shape index (κ2) is 9.26. The number of aliphatic hydroxyl groups is 1. The normalized spacial score (nSPS) is 11.9. The maximum atomic E-state index is 10.9. The van der Waals surface area contributed by atoms with Crippen LogP contribution in [-0.4, -0.2) is 34.3 Å². The van der Waals surface area contributed by atoms with E-state index in [1.54, 1.807) is 18.3 Å². The number of benzene rings is 2. The molecule has 3 N–H and O–H groups in total. The van der Waals surface area contributed by atoms with Gasteiger partial charge in [-0.05, 0) is 54.8 Å². The molecule has 0 amide bonds. The van der Waals surface area contributed by atoms with Crippen molar-refractivity contribution in [2.45, 2.75) is 19.4 Å². The van der Waals surface area contributed by atoms with E-state index in [1.165, 1.54) is 5.56 Å². The largest absolute Gasteiger partial charge is 0.478 e. The summed E-state index contributed by atoms with van der Waals surface area (Å²) in [4.78, 5) is 15.1. The Morgan fingerprint density at radius 3 is 2.21 bits per heavy atom. The van der Waals surface area contributed by atoms with Crippen LogP contribution < -0.4 is 5.32 Å². The van der Waals surface area contributed by atoms with Crippen LogP contribution in [0.1, 0.15) is 33.3 Å². The molecule has 0 fully saturated rings. The minimum Gasteiger partial charge on any atom is -0.478 e. The number of hydrogen-bond acceptors (Lipinski definition) is 4. The van der Waals surface area contributed by atoms with Crippen LogP contribution in [0.15, 0.2) is 66.9 Å². The summed E-state index contributed by atoms with van der Waals surface area (Å²) < 4.78 is 0. The standard InChI is InChI=1S/C23H24N2O3/c1-16-2-5-21(14-25-16)22(26)15-24-13-12-17-3-6-18(7-4-17)19-8-10-20(11-9-19)23(27)28/h2-11,14,22,24,26H,12-13,15H2,1H3,(H,27,28)/t22-/m0/s1.